The van der Waals surface area contributed by atoms with Crippen LogP contribution in [0.4, 0.5) is 0 Å². The molecule has 2 nitrogen and oxygen atoms in total. The van der Waals surface area contributed by atoms with Crippen LogP contribution in [0, 0.1) is 0 Å². The normalized spacial score (nSPS) is 39.0. The highest BCUT2D eigenvalue weighted by Crippen LogP contribution is 2.34. The summed E-state index contributed by atoms with van der Waals surface area (Å²) in [6, 6.07) is 3.55. The fourth-order valence-electron chi connectivity index (χ4n) is 3.94. The first-order valence-corrected chi connectivity index (χ1v) is 7.38. The molecular weight excluding hydrogens is 196 g/mol. The SMILES string of the molecule is CCCN(C1CCC1)C1CC2CCC(C1)N2. The van der Waals surface area contributed by atoms with Crippen LogP contribution >= 0.6 is 0 Å². The predicted molar refractivity (Wildman–Crippen MR) is 67.6 cm³/mol. The molecule has 3 aliphatic rings. The topological polar surface area (TPSA) is 15.3 Å². The molecule has 2 aliphatic heterocycles. The summed E-state index contributed by atoms with van der Waals surface area (Å²) in [4.78, 5) is 2.87. The van der Waals surface area contributed by atoms with E-state index in [0.29, 0.717) is 0 Å². The average molecular weight is 222 g/mol. The predicted octanol–water partition coefficient (Wildman–Crippen LogP) is 2.53. The minimum absolute atomic E-state index is 0.850. The van der Waals surface area contributed by atoms with Gasteiger partial charge >= 0.3 is 0 Å². The van der Waals surface area contributed by atoms with E-state index in [9.17, 15) is 0 Å². The number of piperidine rings is 1. The van der Waals surface area contributed by atoms with Gasteiger partial charge in [-0.1, -0.05) is 13.3 Å². The van der Waals surface area contributed by atoms with Crippen molar-refractivity contribution in [2.24, 2.45) is 0 Å². The number of fused-ring (bicyclic) bond motifs is 2. The van der Waals surface area contributed by atoms with Gasteiger partial charge in [-0.25, -0.2) is 0 Å². The van der Waals surface area contributed by atoms with Crippen molar-refractivity contribution >= 4 is 0 Å². The van der Waals surface area contributed by atoms with E-state index in [1.807, 2.05) is 0 Å². The van der Waals surface area contributed by atoms with Crippen molar-refractivity contribution in [1.82, 2.24) is 10.2 Å². The Morgan fingerprint density at radius 1 is 1.00 bits per heavy atom. The molecule has 2 atom stereocenters. The molecule has 1 saturated carbocycles. The van der Waals surface area contributed by atoms with Gasteiger partial charge in [0.05, 0.1) is 0 Å². The van der Waals surface area contributed by atoms with Crippen LogP contribution < -0.4 is 5.32 Å². The van der Waals surface area contributed by atoms with Crippen molar-refractivity contribution in [3.63, 3.8) is 0 Å². The van der Waals surface area contributed by atoms with Crippen molar-refractivity contribution in [2.75, 3.05) is 6.54 Å². The van der Waals surface area contributed by atoms with Gasteiger partial charge in [-0.15, -0.1) is 0 Å². The maximum Gasteiger partial charge on any atom is 0.0128 e. The van der Waals surface area contributed by atoms with Gasteiger partial charge in [-0.05, 0) is 51.5 Å². The second-order valence-electron chi connectivity index (χ2n) is 6.09. The van der Waals surface area contributed by atoms with E-state index in [1.165, 1.54) is 57.9 Å². The molecule has 3 rings (SSSR count). The largest absolute Gasteiger partial charge is 0.311 e. The van der Waals surface area contributed by atoms with Crippen molar-refractivity contribution in [2.45, 2.75) is 82.5 Å². The van der Waals surface area contributed by atoms with Crippen LogP contribution in [-0.2, 0) is 0 Å². The van der Waals surface area contributed by atoms with Gasteiger partial charge in [0, 0.05) is 24.2 Å². The van der Waals surface area contributed by atoms with E-state index in [2.05, 4.69) is 17.1 Å². The zero-order valence-electron chi connectivity index (χ0n) is 10.6. The van der Waals surface area contributed by atoms with Crippen molar-refractivity contribution in [3.8, 4) is 0 Å². The first kappa shape index (κ1) is 11.0. The molecule has 1 N–H and O–H groups in total. The molecule has 0 amide bonds. The van der Waals surface area contributed by atoms with Gasteiger partial charge in [0.2, 0.25) is 0 Å². The molecular formula is C14H26N2. The van der Waals surface area contributed by atoms with E-state index < -0.39 is 0 Å². The summed E-state index contributed by atoms with van der Waals surface area (Å²) in [7, 11) is 0. The van der Waals surface area contributed by atoms with E-state index in [0.717, 1.165) is 24.2 Å². The third-order valence-corrected chi connectivity index (χ3v) is 4.94. The zero-order chi connectivity index (χ0) is 11.0. The number of hydrogen-bond donors (Lipinski definition) is 1. The maximum absolute atomic E-state index is 3.77. The second-order valence-corrected chi connectivity index (χ2v) is 6.09. The molecule has 0 spiro atoms. The van der Waals surface area contributed by atoms with Gasteiger partial charge in [-0.3, -0.25) is 4.90 Å². The number of rotatable bonds is 4. The summed E-state index contributed by atoms with van der Waals surface area (Å²) < 4.78 is 0. The number of hydrogen-bond acceptors (Lipinski definition) is 2. The Morgan fingerprint density at radius 3 is 2.19 bits per heavy atom. The molecule has 0 radical (unpaired) electrons. The summed E-state index contributed by atoms with van der Waals surface area (Å²) in [5.74, 6) is 0. The van der Waals surface area contributed by atoms with E-state index in [-0.39, 0.29) is 0 Å². The van der Waals surface area contributed by atoms with Crippen molar-refractivity contribution < 1.29 is 0 Å². The molecule has 2 heteroatoms. The van der Waals surface area contributed by atoms with Gasteiger partial charge in [0.1, 0.15) is 0 Å². The smallest absolute Gasteiger partial charge is 0.0128 e. The third-order valence-electron chi connectivity index (χ3n) is 4.94. The van der Waals surface area contributed by atoms with E-state index >= 15 is 0 Å². The third kappa shape index (κ3) is 2.02. The van der Waals surface area contributed by atoms with Crippen LogP contribution in [0.5, 0.6) is 0 Å². The van der Waals surface area contributed by atoms with Crippen LogP contribution in [0.25, 0.3) is 0 Å². The highest BCUT2D eigenvalue weighted by atomic mass is 15.2. The quantitative estimate of drug-likeness (QED) is 0.786. The zero-order valence-corrected chi connectivity index (χ0v) is 10.6. The van der Waals surface area contributed by atoms with Gasteiger partial charge in [0.15, 0.2) is 0 Å². The molecule has 2 unspecified atom stereocenters. The van der Waals surface area contributed by atoms with Crippen LogP contribution in [0.15, 0.2) is 0 Å². The van der Waals surface area contributed by atoms with Crippen LogP contribution in [0.3, 0.4) is 0 Å². The Balaban J connectivity index is 1.64. The van der Waals surface area contributed by atoms with Crippen LogP contribution in [-0.4, -0.2) is 35.6 Å². The Morgan fingerprint density at radius 2 is 1.69 bits per heavy atom. The average Bonchev–Trinajstić information content (AvgIpc) is 2.54. The standard InChI is InChI=1S/C14H26N2/c1-2-8-16(13-4-3-5-13)14-9-11-6-7-12(10-14)15-11/h11-15H,2-10H2,1H3. The van der Waals surface area contributed by atoms with Gasteiger partial charge in [0.25, 0.3) is 0 Å². The number of nitrogens with one attached hydrogen (secondary N) is 1. The number of nitrogens with zero attached hydrogens (tertiary/aromatic N) is 1. The molecule has 2 heterocycles. The molecule has 3 fully saturated rings. The fourth-order valence-corrected chi connectivity index (χ4v) is 3.94. The molecule has 0 aromatic carbocycles. The molecule has 2 saturated heterocycles. The Labute approximate surface area is 99.8 Å². The fraction of sp³-hybridized carbons (Fsp3) is 1.00. The van der Waals surface area contributed by atoms with Gasteiger partial charge < -0.3 is 5.32 Å². The molecule has 16 heavy (non-hydrogen) atoms. The Bertz CT molecular complexity index is 225. The van der Waals surface area contributed by atoms with Crippen LogP contribution in [0.2, 0.25) is 0 Å². The first-order valence-electron chi connectivity index (χ1n) is 7.38. The van der Waals surface area contributed by atoms with E-state index in [4.69, 9.17) is 0 Å². The minimum atomic E-state index is 0.850. The molecule has 0 aromatic rings. The van der Waals surface area contributed by atoms with E-state index in [1.54, 1.807) is 0 Å². The highest BCUT2D eigenvalue weighted by Gasteiger charge is 2.38. The van der Waals surface area contributed by atoms with Crippen LogP contribution in [0.1, 0.15) is 58.3 Å². The molecule has 2 bridgehead atoms. The van der Waals surface area contributed by atoms with Crippen molar-refractivity contribution in [3.05, 3.63) is 0 Å². The Kier molecular flexibility index (Phi) is 3.21. The minimum Gasteiger partial charge on any atom is -0.311 e. The lowest BCUT2D eigenvalue weighted by Crippen LogP contribution is -2.53. The summed E-state index contributed by atoms with van der Waals surface area (Å²) in [6.07, 6.45) is 11.5. The summed E-state index contributed by atoms with van der Waals surface area (Å²) in [5, 5.41) is 3.77. The molecule has 1 aliphatic carbocycles. The van der Waals surface area contributed by atoms with Gasteiger partial charge in [-0.2, -0.15) is 0 Å². The monoisotopic (exact) mass is 222 g/mol. The maximum atomic E-state index is 3.77. The second kappa shape index (κ2) is 4.66. The summed E-state index contributed by atoms with van der Waals surface area (Å²) in [6.45, 7) is 3.68. The Hall–Kier alpha value is -0.0800. The first-order chi connectivity index (χ1) is 7.86. The molecule has 92 valence electrons. The molecule has 0 aromatic heterocycles. The summed E-state index contributed by atoms with van der Waals surface area (Å²) >= 11 is 0. The summed E-state index contributed by atoms with van der Waals surface area (Å²) in [5.41, 5.74) is 0. The highest BCUT2D eigenvalue weighted by molar-refractivity contribution is 4.97. The lowest BCUT2D eigenvalue weighted by Gasteiger charge is -2.45. The lowest BCUT2D eigenvalue weighted by molar-refractivity contribution is 0.0532. The van der Waals surface area contributed by atoms with Crippen molar-refractivity contribution in [1.29, 1.82) is 0 Å². The lowest BCUT2D eigenvalue weighted by atomic mass is 9.87.